The Morgan fingerprint density at radius 1 is 0.857 bits per heavy atom. The summed E-state index contributed by atoms with van der Waals surface area (Å²) in [7, 11) is 0. The van der Waals surface area contributed by atoms with Crippen LogP contribution in [0, 0.1) is 5.82 Å². The van der Waals surface area contributed by atoms with E-state index in [-0.39, 0.29) is 17.5 Å². The minimum Gasteiger partial charge on any atom is -0.321 e. The normalized spacial score (nSPS) is 19.1. The van der Waals surface area contributed by atoms with E-state index in [0.29, 0.717) is 18.1 Å². The van der Waals surface area contributed by atoms with Gasteiger partial charge in [0.15, 0.2) is 13.1 Å². The van der Waals surface area contributed by atoms with Gasteiger partial charge in [0, 0.05) is 10.7 Å². The van der Waals surface area contributed by atoms with E-state index in [1.165, 1.54) is 11.0 Å². The van der Waals surface area contributed by atoms with Crippen LogP contribution in [0.3, 0.4) is 0 Å². The van der Waals surface area contributed by atoms with Crippen LogP contribution < -0.4 is 20.4 Å². The molecule has 0 radical (unpaired) electrons. The molecule has 4 N–H and O–H groups in total. The largest absolute Gasteiger partial charge is 0.321 e. The van der Waals surface area contributed by atoms with Crippen molar-refractivity contribution < 1.29 is 23.8 Å². The van der Waals surface area contributed by atoms with Crippen LogP contribution in [0.1, 0.15) is 0 Å². The molecule has 148 valence electrons. The summed E-state index contributed by atoms with van der Waals surface area (Å²) in [5.41, 5.74) is 0.929. The third-order valence-corrected chi connectivity index (χ3v) is 5.01. The molecule has 0 bridgehead atoms. The molecule has 8 heteroatoms. The van der Waals surface area contributed by atoms with Gasteiger partial charge in [0.1, 0.15) is 32.0 Å². The number of carbonyl (C=O) groups excluding carboxylic acids is 2. The Bertz CT molecular complexity index is 823. The van der Waals surface area contributed by atoms with E-state index in [0.717, 1.165) is 36.8 Å². The maximum Gasteiger partial charge on any atom is 0.279 e. The predicted octanol–water partition coefficient (Wildman–Crippen LogP) is -0.160. The van der Waals surface area contributed by atoms with Gasteiger partial charge >= 0.3 is 0 Å². The van der Waals surface area contributed by atoms with Crippen molar-refractivity contribution in [1.29, 1.82) is 0 Å². The van der Waals surface area contributed by atoms with Crippen molar-refractivity contribution in [3.8, 4) is 0 Å². The highest BCUT2D eigenvalue weighted by Crippen LogP contribution is 2.13. The monoisotopic (exact) mass is 406 g/mol. The summed E-state index contributed by atoms with van der Waals surface area (Å²) in [6.07, 6.45) is 0. The average Bonchev–Trinajstić information content (AvgIpc) is 2.67. The molecule has 1 aliphatic heterocycles. The van der Waals surface area contributed by atoms with Crippen LogP contribution in [-0.2, 0) is 9.59 Å². The van der Waals surface area contributed by atoms with Crippen molar-refractivity contribution in [3.05, 3.63) is 59.4 Å². The standard InChI is InChI=1S/C20H22ClFN4O2/c21-15-5-7-16(8-6-15)23-19(27)13-25-9-11-26(12-10-25)14-20(28)24-18-4-2-1-3-17(18)22/h1-8H,9-14H2,(H,23,27)(H,24,28)/p+2. The minimum atomic E-state index is -0.438. The van der Waals surface area contributed by atoms with Gasteiger partial charge in [-0.1, -0.05) is 23.7 Å². The van der Waals surface area contributed by atoms with Gasteiger partial charge in [-0.05, 0) is 36.4 Å². The van der Waals surface area contributed by atoms with Gasteiger partial charge < -0.3 is 20.4 Å². The first kappa shape index (κ1) is 20.3. The summed E-state index contributed by atoms with van der Waals surface area (Å²) < 4.78 is 13.6. The number of para-hydroxylation sites is 1. The van der Waals surface area contributed by atoms with Crippen molar-refractivity contribution in [1.82, 2.24) is 0 Å². The molecular weight excluding hydrogens is 383 g/mol. The molecule has 0 spiro atoms. The molecular formula is C20H24ClFN4O2+2. The quantitative estimate of drug-likeness (QED) is 0.538. The summed E-state index contributed by atoms with van der Waals surface area (Å²) in [6, 6.07) is 13.1. The summed E-state index contributed by atoms with van der Waals surface area (Å²) in [5, 5.41) is 6.11. The molecule has 2 amide bonds. The van der Waals surface area contributed by atoms with Crippen LogP contribution in [0.25, 0.3) is 0 Å². The Morgan fingerprint density at radius 2 is 1.39 bits per heavy atom. The van der Waals surface area contributed by atoms with Crippen LogP contribution in [0.5, 0.6) is 0 Å². The van der Waals surface area contributed by atoms with Crippen molar-refractivity contribution in [2.24, 2.45) is 0 Å². The van der Waals surface area contributed by atoms with Gasteiger partial charge in [0.05, 0.1) is 5.69 Å². The number of piperazine rings is 1. The fourth-order valence-electron chi connectivity index (χ4n) is 3.26. The zero-order valence-corrected chi connectivity index (χ0v) is 16.2. The number of hydrogen-bond acceptors (Lipinski definition) is 2. The molecule has 0 saturated carbocycles. The first-order chi connectivity index (χ1) is 13.5. The Morgan fingerprint density at radius 3 is 1.96 bits per heavy atom. The smallest absolute Gasteiger partial charge is 0.279 e. The molecule has 2 aromatic carbocycles. The molecule has 2 aromatic rings. The molecule has 0 atom stereocenters. The van der Waals surface area contributed by atoms with Gasteiger partial charge in [0.25, 0.3) is 11.8 Å². The Kier molecular flexibility index (Phi) is 6.97. The predicted molar refractivity (Wildman–Crippen MR) is 106 cm³/mol. The maximum atomic E-state index is 13.6. The zero-order chi connectivity index (χ0) is 19.9. The lowest BCUT2D eigenvalue weighted by Crippen LogP contribution is -3.28. The van der Waals surface area contributed by atoms with Crippen LogP contribution in [0.2, 0.25) is 5.02 Å². The number of rotatable bonds is 6. The van der Waals surface area contributed by atoms with Gasteiger partial charge in [-0.15, -0.1) is 0 Å². The highest BCUT2D eigenvalue weighted by atomic mass is 35.5. The number of nitrogens with one attached hydrogen (secondary N) is 4. The second-order valence-electron chi connectivity index (χ2n) is 6.94. The Balaban J connectivity index is 1.39. The van der Waals surface area contributed by atoms with Crippen LogP contribution >= 0.6 is 11.6 Å². The number of benzene rings is 2. The summed E-state index contributed by atoms with van der Waals surface area (Å²) in [5.74, 6) is -0.686. The van der Waals surface area contributed by atoms with Gasteiger partial charge in [-0.3, -0.25) is 9.59 Å². The molecule has 28 heavy (non-hydrogen) atoms. The molecule has 1 aliphatic rings. The SMILES string of the molecule is O=C(C[NH+]1CC[NH+](CC(=O)Nc2ccccc2F)CC1)Nc1ccc(Cl)cc1. The Hall–Kier alpha value is -2.48. The van der Waals surface area contributed by atoms with E-state index >= 15 is 0 Å². The van der Waals surface area contributed by atoms with Crippen molar-refractivity contribution in [2.45, 2.75) is 0 Å². The molecule has 3 rings (SSSR count). The Labute approximate surface area is 168 Å². The zero-order valence-electron chi connectivity index (χ0n) is 15.4. The van der Waals surface area contributed by atoms with Crippen LogP contribution in [0.4, 0.5) is 15.8 Å². The molecule has 1 fully saturated rings. The van der Waals surface area contributed by atoms with Crippen LogP contribution in [-0.4, -0.2) is 51.1 Å². The second-order valence-corrected chi connectivity index (χ2v) is 7.37. The summed E-state index contributed by atoms with van der Waals surface area (Å²) >= 11 is 5.84. The topological polar surface area (TPSA) is 67.1 Å². The van der Waals surface area contributed by atoms with Crippen molar-refractivity contribution in [2.75, 3.05) is 49.9 Å². The van der Waals surface area contributed by atoms with Crippen molar-refractivity contribution >= 4 is 34.8 Å². The minimum absolute atomic E-state index is 0.0435. The van der Waals surface area contributed by atoms with E-state index in [9.17, 15) is 14.0 Å². The number of anilines is 2. The van der Waals surface area contributed by atoms with Gasteiger partial charge in [-0.25, -0.2) is 4.39 Å². The number of halogens is 2. The van der Waals surface area contributed by atoms with Crippen LogP contribution in [0.15, 0.2) is 48.5 Å². The lowest BCUT2D eigenvalue weighted by Gasteiger charge is -2.29. The first-order valence-electron chi connectivity index (χ1n) is 9.26. The van der Waals surface area contributed by atoms with Crippen molar-refractivity contribution in [3.63, 3.8) is 0 Å². The number of hydrogen-bond donors (Lipinski definition) is 4. The third-order valence-electron chi connectivity index (χ3n) is 4.76. The highest BCUT2D eigenvalue weighted by molar-refractivity contribution is 6.30. The lowest BCUT2D eigenvalue weighted by atomic mass is 10.2. The third kappa shape index (κ3) is 6.02. The van der Waals surface area contributed by atoms with E-state index in [1.807, 2.05) is 0 Å². The summed E-state index contributed by atoms with van der Waals surface area (Å²) in [4.78, 5) is 26.6. The summed E-state index contributed by atoms with van der Waals surface area (Å²) in [6.45, 7) is 3.85. The number of quaternary nitrogens is 2. The molecule has 1 heterocycles. The molecule has 1 saturated heterocycles. The van der Waals surface area contributed by atoms with E-state index in [4.69, 9.17) is 11.6 Å². The maximum absolute atomic E-state index is 13.6. The van der Waals surface area contributed by atoms with Gasteiger partial charge in [0.2, 0.25) is 0 Å². The lowest BCUT2D eigenvalue weighted by molar-refractivity contribution is -1.00. The van der Waals surface area contributed by atoms with E-state index in [1.54, 1.807) is 42.5 Å². The van der Waals surface area contributed by atoms with E-state index in [2.05, 4.69) is 10.6 Å². The molecule has 0 unspecified atom stereocenters. The van der Waals surface area contributed by atoms with Gasteiger partial charge in [-0.2, -0.15) is 0 Å². The fraction of sp³-hybridized carbons (Fsp3) is 0.300. The second kappa shape index (κ2) is 9.64. The molecule has 0 aromatic heterocycles. The average molecular weight is 407 g/mol. The number of carbonyl (C=O) groups is 2. The highest BCUT2D eigenvalue weighted by Gasteiger charge is 2.26. The first-order valence-corrected chi connectivity index (χ1v) is 9.64. The number of amides is 2. The fourth-order valence-corrected chi connectivity index (χ4v) is 3.39. The van der Waals surface area contributed by atoms with E-state index < -0.39 is 5.82 Å². The molecule has 0 aliphatic carbocycles. The molecule has 6 nitrogen and oxygen atoms in total.